The van der Waals surface area contributed by atoms with E-state index in [9.17, 15) is 4.79 Å². The van der Waals surface area contributed by atoms with Gasteiger partial charge in [-0.15, -0.1) is 10.2 Å². The van der Waals surface area contributed by atoms with Crippen molar-refractivity contribution >= 4 is 11.7 Å². The van der Waals surface area contributed by atoms with Crippen LogP contribution in [0.15, 0.2) is 60.7 Å². The molecule has 0 aliphatic rings. The van der Waals surface area contributed by atoms with Crippen molar-refractivity contribution in [2.24, 2.45) is 0 Å². The number of amides is 1. The summed E-state index contributed by atoms with van der Waals surface area (Å²) in [7, 11) is 0. The highest BCUT2D eigenvalue weighted by atomic mass is 16.1. The number of anilines is 1. The number of aryl methyl sites for hydroxylation is 2. The maximum absolute atomic E-state index is 12.2. The molecule has 0 aliphatic heterocycles. The van der Waals surface area contributed by atoms with E-state index in [1.165, 1.54) is 16.7 Å². The third-order valence-corrected chi connectivity index (χ3v) is 4.03. The molecule has 1 amide bonds. The Balaban J connectivity index is 1.53. The van der Waals surface area contributed by atoms with Crippen LogP contribution >= 0.6 is 0 Å². The average molecular weight is 346 g/mol. The zero-order valence-electron chi connectivity index (χ0n) is 15.0. The van der Waals surface area contributed by atoms with E-state index >= 15 is 0 Å². The second kappa shape index (κ2) is 8.25. The van der Waals surface area contributed by atoms with Gasteiger partial charge in [0.2, 0.25) is 0 Å². The molecular weight excluding hydrogens is 324 g/mol. The van der Waals surface area contributed by atoms with Crippen LogP contribution in [0.5, 0.6) is 0 Å². The molecule has 132 valence electrons. The second-order valence-corrected chi connectivity index (χ2v) is 6.31. The van der Waals surface area contributed by atoms with Crippen LogP contribution in [0.2, 0.25) is 0 Å². The fourth-order valence-electron chi connectivity index (χ4n) is 2.54. The molecule has 2 aromatic carbocycles. The van der Waals surface area contributed by atoms with Crippen molar-refractivity contribution in [2.75, 3.05) is 5.32 Å². The number of benzene rings is 2. The standard InChI is InChI=1S/C21H22N4O/c1-15-6-8-17(9-7-15)13-23-21(26)19-10-11-20(25-24-19)22-14-18-5-3-4-16(2)12-18/h3-12H,13-14H2,1-2H3,(H,22,25)(H,23,26). The van der Waals surface area contributed by atoms with E-state index in [1.807, 2.05) is 37.3 Å². The van der Waals surface area contributed by atoms with Crippen LogP contribution in [0.4, 0.5) is 5.82 Å². The Kier molecular flexibility index (Phi) is 5.59. The van der Waals surface area contributed by atoms with Gasteiger partial charge in [-0.1, -0.05) is 59.7 Å². The highest BCUT2D eigenvalue weighted by Crippen LogP contribution is 2.08. The van der Waals surface area contributed by atoms with Crippen molar-refractivity contribution in [3.63, 3.8) is 0 Å². The molecule has 0 saturated heterocycles. The number of hydrogen-bond acceptors (Lipinski definition) is 4. The normalized spacial score (nSPS) is 10.4. The molecule has 0 unspecified atom stereocenters. The van der Waals surface area contributed by atoms with Crippen LogP contribution in [0, 0.1) is 13.8 Å². The van der Waals surface area contributed by atoms with E-state index in [0.29, 0.717) is 24.6 Å². The first-order chi connectivity index (χ1) is 12.6. The second-order valence-electron chi connectivity index (χ2n) is 6.31. The predicted octanol–water partition coefficient (Wildman–Crippen LogP) is 3.64. The van der Waals surface area contributed by atoms with Crippen LogP contribution in [-0.2, 0) is 13.1 Å². The van der Waals surface area contributed by atoms with Crippen molar-refractivity contribution in [1.82, 2.24) is 15.5 Å². The van der Waals surface area contributed by atoms with Crippen molar-refractivity contribution < 1.29 is 4.79 Å². The molecule has 0 spiro atoms. The number of carbonyl (C=O) groups is 1. The first kappa shape index (κ1) is 17.6. The highest BCUT2D eigenvalue weighted by Gasteiger charge is 2.08. The monoisotopic (exact) mass is 346 g/mol. The van der Waals surface area contributed by atoms with Gasteiger partial charge in [0.25, 0.3) is 5.91 Å². The van der Waals surface area contributed by atoms with E-state index in [2.05, 4.69) is 46.0 Å². The van der Waals surface area contributed by atoms with Gasteiger partial charge in [-0.25, -0.2) is 0 Å². The van der Waals surface area contributed by atoms with E-state index in [0.717, 1.165) is 5.56 Å². The first-order valence-corrected chi connectivity index (χ1v) is 8.57. The van der Waals surface area contributed by atoms with E-state index < -0.39 is 0 Å². The molecule has 2 N–H and O–H groups in total. The van der Waals surface area contributed by atoms with Crippen molar-refractivity contribution in [2.45, 2.75) is 26.9 Å². The molecule has 1 heterocycles. The molecule has 0 radical (unpaired) electrons. The fourth-order valence-corrected chi connectivity index (χ4v) is 2.54. The minimum Gasteiger partial charge on any atom is -0.365 e. The minimum atomic E-state index is -0.233. The molecule has 3 aromatic rings. The SMILES string of the molecule is Cc1ccc(CNC(=O)c2ccc(NCc3cccc(C)c3)nn2)cc1. The van der Waals surface area contributed by atoms with Crippen molar-refractivity contribution in [3.05, 3.63) is 88.6 Å². The van der Waals surface area contributed by atoms with E-state index in [4.69, 9.17) is 0 Å². The summed E-state index contributed by atoms with van der Waals surface area (Å²) in [5.41, 5.74) is 4.94. The number of rotatable bonds is 6. The maximum atomic E-state index is 12.2. The zero-order valence-corrected chi connectivity index (χ0v) is 15.0. The third kappa shape index (κ3) is 4.89. The van der Waals surface area contributed by atoms with E-state index in [-0.39, 0.29) is 5.91 Å². The quantitative estimate of drug-likeness (QED) is 0.715. The van der Waals surface area contributed by atoms with Crippen LogP contribution in [0.3, 0.4) is 0 Å². The topological polar surface area (TPSA) is 66.9 Å². The predicted molar refractivity (Wildman–Crippen MR) is 103 cm³/mol. The van der Waals surface area contributed by atoms with Crippen LogP contribution in [-0.4, -0.2) is 16.1 Å². The fraction of sp³-hybridized carbons (Fsp3) is 0.190. The molecule has 0 aliphatic carbocycles. The van der Waals surface area contributed by atoms with Gasteiger partial charge in [0.05, 0.1) is 0 Å². The number of hydrogen-bond donors (Lipinski definition) is 2. The molecule has 0 saturated carbocycles. The van der Waals surface area contributed by atoms with Gasteiger partial charge in [-0.3, -0.25) is 4.79 Å². The van der Waals surface area contributed by atoms with Gasteiger partial charge in [-0.2, -0.15) is 0 Å². The third-order valence-electron chi connectivity index (χ3n) is 4.03. The molecule has 5 heteroatoms. The summed E-state index contributed by atoms with van der Waals surface area (Å²) < 4.78 is 0. The molecule has 0 atom stereocenters. The molecule has 5 nitrogen and oxygen atoms in total. The first-order valence-electron chi connectivity index (χ1n) is 8.57. The number of nitrogens with one attached hydrogen (secondary N) is 2. The minimum absolute atomic E-state index is 0.233. The summed E-state index contributed by atoms with van der Waals surface area (Å²) in [4.78, 5) is 12.2. The summed E-state index contributed by atoms with van der Waals surface area (Å²) in [5, 5.41) is 14.2. The Hall–Kier alpha value is -3.21. The summed E-state index contributed by atoms with van der Waals surface area (Å²) in [6.45, 7) is 5.23. The largest absolute Gasteiger partial charge is 0.365 e. The van der Waals surface area contributed by atoms with Crippen LogP contribution < -0.4 is 10.6 Å². The van der Waals surface area contributed by atoms with Gasteiger partial charge in [-0.05, 0) is 37.1 Å². The molecular formula is C21H22N4O. The van der Waals surface area contributed by atoms with Crippen molar-refractivity contribution in [1.29, 1.82) is 0 Å². The lowest BCUT2D eigenvalue weighted by Gasteiger charge is -2.07. The molecule has 3 rings (SSSR count). The van der Waals surface area contributed by atoms with Gasteiger partial charge < -0.3 is 10.6 Å². The summed E-state index contributed by atoms with van der Waals surface area (Å²) >= 11 is 0. The lowest BCUT2D eigenvalue weighted by molar-refractivity contribution is 0.0945. The molecule has 26 heavy (non-hydrogen) atoms. The zero-order chi connectivity index (χ0) is 18.4. The molecule has 0 fully saturated rings. The van der Waals surface area contributed by atoms with E-state index in [1.54, 1.807) is 12.1 Å². The van der Waals surface area contributed by atoms with Gasteiger partial charge in [0, 0.05) is 13.1 Å². The van der Waals surface area contributed by atoms with Crippen LogP contribution in [0.25, 0.3) is 0 Å². The Morgan fingerprint density at radius 3 is 2.35 bits per heavy atom. The summed E-state index contributed by atoms with van der Waals surface area (Å²) in [6.07, 6.45) is 0. The molecule has 0 bridgehead atoms. The van der Waals surface area contributed by atoms with Crippen LogP contribution in [0.1, 0.15) is 32.7 Å². The maximum Gasteiger partial charge on any atom is 0.272 e. The summed E-state index contributed by atoms with van der Waals surface area (Å²) in [6, 6.07) is 19.8. The molecule has 1 aromatic heterocycles. The Bertz CT molecular complexity index is 873. The number of aromatic nitrogens is 2. The Morgan fingerprint density at radius 2 is 1.65 bits per heavy atom. The lowest BCUT2D eigenvalue weighted by atomic mass is 10.1. The van der Waals surface area contributed by atoms with Gasteiger partial charge in [0.1, 0.15) is 5.82 Å². The average Bonchev–Trinajstić information content (AvgIpc) is 2.66. The lowest BCUT2D eigenvalue weighted by Crippen LogP contribution is -2.24. The Labute approximate surface area is 153 Å². The summed E-state index contributed by atoms with van der Waals surface area (Å²) in [5.74, 6) is 0.407. The van der Waals surface area contributed by atoms with Crippen molar-refractivity contribution in [3.8, 4) is 0 Å². The number of carbonyl (C=O) groups excluding carboxylic acids is 1. The Morgan fingerprint density at radius 1 is 0.846 bits per heavy atom. The highest BCUT2D eigenvalue weighted by molar-refractivity contribution is 5.92. The van der Waals surface area contributed by atoms with Gasteiger partial charge in [0.15, 0.2) is 5.69 Å². The smallest absolute Gasteiger partial charge is 0.272 e. The van der Waals surface area contributed by atoms with Gasteiger partial charge >= 0.3 is 0 Å². The number of nitrogens with zero attached hydrogens (tertiary/aromatic N) is 2.